The van der Waals surface area contributed by atoms with Gasteiger partial charge in [0.15, 0.2) is 0 Å². The summed E-state index contributed by atoms with van der Waals surface area (Å²) in [6, 6.07) is 17.6. The molecule has 10 heteroatoms. The first kappa shape index (κ1) is 30.5. The van der Waals surface area contributed by atoms with Crippen molar-refractivity contribution in [1.29, 1.82) is 0 Å². The van der Waals surface area contributed by atoms with Crippen molar-refractivity contribution in [2.24, 2.45) is 0 Å². The van der Waals surface area contributed by atoms with Gasteiger partial charge in [-0.15, -0.1) is 0 Å². The van der Waals surface area contributed by atoms with Crippen molar-refractivity contribution in [3.8, 4) is 0 Å². The van der Waals surface area contributed by atoms with Gasteiger partial charge in [0.2, 0.25) is 11.8 Å². The molecule has 0 bridgehead atoms. The fraction of sp³-hybridized carbons (Fsp3) is 0.310. The fourth-order valence-electron chi connectivity index (χ4n) is 4.02. The number of halogens is 2. The van der Waals surface area contributed by atoms with Crippen LogP contribution in [0.4, 0.5) is 5.69 Å². The van der Waals surface area contributed by atoms with Gasteiger partial charge in [0.05, 0.1) is 20.6 Å². The maximum Gasteiger partial charge on any atom is 0.264 e. The molecule has 0 aliphatic rings. The smallest absolute Gasteiger partial charge is 0.264 e. The zero-order chi connectivity index (χ0) is 28.7. The minimum absolute atomic E-state index is 0.00150. The molecule has 0 spiro atoms. The molecule has 0 aromatic heterocycles. The van der Waals surface area contributed by atoms with E-state index in [9.17, 15) is 18.0 Å². The Bertz CT molecular complexity index is 1430. The number of benzene rings is 3. The first-order valence-corrected chi connectivity index (χ1v) is 14.8. The van der Waals surface area contributed by atoms with Crippen molar-refractivity contribution in [3.05, 3.63) is 93.5 Å². The van der Waals surface area contributed by atoms with Gasteiger partial charge in [-0.3, -0.25) is 13.9 Å². The third kappa shape index (κ3) is 7.53. The van der Waals surface area contributed by atoms with E-state index in [1.165, 1.54) is 29.2 Å². The van der Waals surface area contributed by atoms with Gasteiger partial charge in [0.1, 0.15) is 12.6 Å². The molecule has 7 nitrogen and oxygen atoms in total. The topological polar surface area (TPSA) is 86.8 Å². The highest BCUT2D eigenvalue weighted by atomic mass is 35.5. The summed E-state index contributed by atoms with van der Waals surface area (Å²) in [6.07, 6.45) is 0.736. The number of amides is 2. The molecule has 39 heavy (non-hydrogen) atoms. The number of hydrogen-bond acceptors (Lipinski definition) is 4. The number of anilines is 1. The predicted molar refractivity (Wildman–Crippen MR) is 157 cm³/mol. The summed E-state index contributed by atoms with van der Waals surface area (Å²) in [7, 11) is -4.24. The first-order chi connectivity index (χ1) is 18.4. The van der Waals surface area contributed by atoms with Crippen molar-refractivity contribution >= 4 is 50.7 Å². The number of carbonyl (C=O) groups excluding carboxylic acids is 2. The molecule has 208 valence electrons. The molecule has 0 radical (unpaired) electrons. The molecule has 0 unspecified atom stereocenters. The number of sulfonamides is 1. The Hall–Kier alpha value is -3.07. The number of rotatable bonds is 11. The summed E-state index contributed by atoms with van der Waals surface area (Å²) in [4.78, 5) is 28.2. The average molecular weight is 591 g/mol. The lowest BCUT2D eigenvalue weighted by Gasteiger charge is -2.32. The second-order valence-electron chi connectivity index (χ2n) is 9.38. The molecule has 1 N–H and O–H groups in total. The van der Waals surface area contributed by atoms with Crippen molar-refractivity contribution in [3.63, 3.8) is 0 Å². The molecule has 0 saturated carbocycles. The van der Waals surface area contributed by atoms with E-state index in [0.29, 0.717) is 6.54 Å². The van der Waals surface area contributed by atoms with E-state index in [1.807, 2.05) is 45.0 Å². The van der Waals surface area contributed by atoms with Crippen LogP contribution in [0.2, 0.25) is 10.0 Å². The summed E-state index contributed by atoms with van der Waals surface area (Å²) in [5, 5.41) is 2.97. The standard InChI is InChI=1S/C29H33Cl2N3O4S/c1-5-16-32-29(36)22(4)33(18-23-9-6-8-21(3)17-23)27(35)19-34(26-11-7-10-25(30)28(26)31)39(37,38)24-14-12-20(2)13-15-24/h6-15,17,22H,5,16,18-19H2,1-4H3,(H,32,36)/t22-/m0/s1. The normalized spacial score (nSPS) is 12.1. The molecule has 0 aliphatic heterocycles. The van der Waals surface area contributed by atoms with Gasteiger partial charge < -0.3 is 10.2 Å². The minimum atomic E-state index is -4.24. The molecule has 0 aliphatic carbocycles. The quantitative estimate of drug-likeness (QED) is 0.308. The van der Waals surface area contributed by atoms with Crippen LogP contribution in [-0.2, 0) is 26.2 Å². The Balaban J connectivity index is 2.06. The monoisotopic (exact) mass is 589 g/mol. The van der Waals surface area contributed by atoms with Crippen LogP contribution in [-0.4, -0.2) is 44.3 Å². The molecule has 3 rings (SSSR count). The molecular formula is C29H33Cl2N3O4S. The van der Waals surface area contributed by atoms with E-state index in [1.54, 1.807) is 25.1 Å². The lowest BCUT2D eigenvalue weighted by atomic mass is 10.1. The number of nitrogens with zero attached hydrogens (tertiary/aromatic N) is 2. The van der Waals surface area contributed by atoms with Crippen LogP contribution in [0.3, 0.4) is 0 Å². The van der Waals surface area contributed by atoms with Crippen molar-refractivity contribution in [2.75, 3.05) is 17.4 Å². The van der Waals surface area contributed by atoms with Crippen LogP contribution in [0.25, 0.3) is 0 Å². The van der Waals surface area contributed by atoms with E-state index in [0.717, 1.165) is 27.4 Å². The van der Waals surface area contributed by atoms with Gasteiger partial charge in [-0.05, 0) is 57.0 Å². The highest BCUT2D eigenvalue weighted by molar-refractivity contribution is 7.92. The lowest BCUT2D eigenvalue weighted by molar-refractivity contribution is -0.139. The minimum Gasteiger partial charge on any atom is -0.354 e. The highest BCUT2D eigenvalue weighted by Crippen LogP contribution is 2.35. The predicted octanol–water partition coefficient (Wildman–Crippen LogP) is 5.75. The van der Waals surface area contributed by atoms with Gasteiger partial charge in [-0.2, -0.15) is 0 Å². The van der Waals surface area contributed by atoms with E-state index in [4.69, 9.17) is 23.2 Å². The van der Waals surface area contributed by atoms with Gasteiger partial charge in [-0.1, -0.05) is 83.7 Å². The number of aryl methyl sites for hydroxylation is 2. The van der Waals surface area contributed by atoms with Gasteiger partial charge in [0, 0.05) is 13.1 Å². The Morgan fingerprint density at radius 3 is 2.26 bits per heavy atom. The van der Waals surface area contributed by atoms with Crippen LogP contribution in [0, 0.1) is 13.8 Å². The maximum absolute atomic E-state index is 13.9. The second-order valence-corrected chi connectivity index (χ2v) is 12.0. The van der Waals surface area contributed by atoms with Crippen LogP contribution in [0.5, 0.6) is 0 Å². The molecule has 2 amide bonds. The Morgan fingerprint density at radius 2 is 1.62 bits per heavy atom. The summed E-state index contributed by atoms with van der Waals surface area (Å²) in [5.41, 5.74) is 2.76. The molecule has 0 fully saturated rings. The molecular weight excluding hydrogens is 557 g/mol. The number of nitrogens with one attached hydrogen (secondary N) is 1. The number of carbonyl (C=O) groups is 2. The first-order valence-electron chi connectivity index (χ1n) is 12.6. The van der Waals surface area contributed by atoms with Gasteiger partial charge in [0.25, 0.3) is 10.0 Å². The van der Waals surface area contributed by atoms with Crippen molar-refractivity contribution in [1.82, 2.24) is 10.2 Å². The van der Waals surface area contributed by atoms with Crippen molar-refractivity contribution < 1.29 is 18.0 Å². The molecule has 3 aromatic carbocycles. The van der Waals surface area contributed by atoms with E-state index in [-0.39, 0.29) is 33.1 Å². The zero-order valence-corrected chi connectivity index (χ0v) is 24.8. The zero-order valence-electron chi connectivity index (χ0n) is 22.4. The lowest BCUT2D eigenvalue weighted by Crippen LogP contribution is -2.51. The van der Waals surface area contributed by atoms with Gasteiger partial charge >= 0.3 is 0 Å². The van der Waals surface area contributed by atoms with Crippen molar-refractivity contribution in [2.45, 2.75) is 51.6 Å². The summed E-state index contributed by atoms with van der Waals surface area (Å²) < 4.78 is 28.7. The Labute approximate surface area is 240 Å². The van der Waals surface area contributed by atoms with Gasteiger partial charge in [-0.25, -0.2) is 8.42 Å². The van der Waals surface area contributed by atoms with Crippen LogP contribution in [0.15, 0.2) is 71.6 Å². The van der Waals surface area contributed by atoms with E-state index in [2.05, 4.69) is 5.32 Å². The largest absolute Gasteiger partial charge is 0.354 e. The van der Waals surface area contributed by atoms with Crippen LogP contribution < -0.4 is 9.62 Å². The third-order valence-corrected chi connectivity index (χ3v) is 8.82. The summed E-state index contributed by atoms with van der Waals surface area (Å²) in [5.74, 6) is -0.894. The second kappa shape index (κ2) is 13.3. The van der Waals surface area contributed by atoms with Crippen LogP contribution >= 0.6 is 23.2 Å². The Kier molecular flexibility index (Phi) is 10.4. The summed E-state index contributed by atoms with van der Waals surface area (Å²) >= 11 is 12.7. The van der Waals surface area contributed by atoms with Crippen LogP contribution in [0.1, 0.15) is 37.0 Å². The number of hydrogen-bond donors (Lipinski definition) is 1. The Morgan fingerprint density at radius 1 is 0.949 bits per heavy atom. The maximum atomic E-state index is 13.9. The van der Waals surface area contributed by atoms with E-state index >= 15 is 0 Å². The fourth-order valence-corrected chi connectivity index (χ4v) is 5.90. The highest BCUT2D eigenvalue weighted by Gasteiger charge is 2.33. The average Bonchev–Trinajstić information content (AvgIpc) is 2.90. The molecule has 0 heterocycles. The molecule has 0 saturated heterocycles. The summed E-state index contributed by atoms with van der Waals surface area (Å²) in [6.45, 7) is 7.33. The molecule has 3 aromatic rings. The molecule has 1 atom stereocenters. The third-order valence-electron chi connectivity index (χ3n) is 6.24. The SMILES string of the molecule is CCCNC(=O)[C@H](C)N(Cc1cccc(C)c1)C(=O)CN(c1cccc(Cl)c1Cl)S(=O)(=O)c1ccc(C)cc1. The van der Waals surface area contributed by atoms with E-state index < -0.39 is 28.5 Å².